The maximum Gasteiger partial charge on any atom is 0.328 e. The van der Waals surface area contributed by atoms with E-state index in [1.807, 2.05) is 0 Å². The molecule has 0 heterocycles. The highest BCUT2D eigenvalue weighted by Gasteiger charge is 2.21. The Morgan fingerprint density at radius 1 is 1.44 bits per heavy atom. The van der Waals surface area contributed by atoms with E-state index < -0.39 is 21.2 Å². The average molecular weight is 152 g/mol. The summed E-state index contributed by atoms with van der Waals surface area (Å²) in [7, 11) is -4.44. The molecule has 0 radical (unpaired) electrons. The van der Waals surface area contributed by atoms with Crippen molar-refractivity contribution in [3.8, 4) is 0 Å². The lowest BCUT2D eigenvalue weighted by atomic mass is 10.3. The first-order valence-corrected chi connectivity index (χ1v) is 3.81. The van der Waals surface area contributed by atoms with Gasteiger partial charge in [-0.25, -0.2) is 0 Å². The molecule has 5 heteroatoms. The summed E-state index contributed by atoms with van der Waals surface area (Å²) in [6.45, 7) is 2.80. The van der Waals surface area contributed by atoms with E-state index in [-0.39, 0.29) is 0 Å². The second-order valence-corrected chi connectivity index (χ2v) is 3.30. The lowest BCUT2D eigenvalue weighted by Gasteiger charge is -1.96. The molecule has 4 nitrogen and oxygen atoms in total. The number of carbonyl (C=O) groups is 1. The number of carbonyl (C=O) groups excluding carboxylic acids is 1. The highest BCUT2D eigenvalue weighted by molar-refractivity contribution is 8.01. The molecule has 54 valence electrons. The summed E-state index contributed by atoms with van der Waals surface area (Å²) in [4.78, 5) is 10.3. The minimum Gasteiger partial charge on any atom is -0.280 e. The lowest BCUT2D eigenvalue weighted by Crippen LogP contribution is -2.18. The van der Waals surface area contributed by atoms with E-state index in [1.54, 1.807) is 0 Å². The highest BCUT2D eigenvalue weighted by atomic mass is 32.2. The van der Waals surface area contributed by atoms with Crippen LogP contribution in [0.4, 0.5) is 0 Å². The summed E-state index contributed by atoms with van der Waals surface area (Å²) in [6, 6.07) is 0. The average Bonchev–Trinajstić information content (AvgIpc) is 1.62. The Morgan fingerprint density at radius 3 is 1.78 bits per heavy atom. The third kappa shape index (κ3) is 2.57. The molecule has 0 aromatic heterocycles. The lowest BCUT2D eigenvalue weighted by molar-refractivity contribution is -0.114. The predicted molar refractivity (Wildman–Crippen MR) is 31.4 cm³/mol. The molecule has 0 aliphatic carbocycles. The van der Waals surface area contributed by atoms with E-state index >= 15 is 0 Å². The zero-order valence-corrected chi connectivity index (χ0v) is 5.97. The van der Waals surface area contributed by atoms with Crippen LogP contribution in [-0.4, -0.2) is 18.1 Å². The Morgan fingerprint density at radius 2 is 1.78 bits per heavy atom. The molecule has 0 saturated carbocycles. The fourth-order valence-corrected chi connectivity index (χ4v) is 0.894. The van der Waals surface area contributed by atoms with Crippen LogP contribution in [0, 0.1) is 5.92 Å². The Hall–Kier alpha value is -0.420. The van der Waals surface area contributed by atoms with Crippen molar-refractivity contribution in [2.24, 2.45) is 5.92 Å². The van der Waals surface area contributed by atoms with E-state index in [4.69, 9.17) is 4.55 Å². The summed E-state index contributed by atoms with van der Waals surface area (Å²) < 4.78 is 28.0. The predicted octanol–water partition coefficient (Wildman–Crippen LogP) is 0.0568. The van der Waals surface area contributed by atoms with Gasteiger partial charge in [0.1, 0.15) is 0 Å². The van der Waals surface area contributed by atoms with Crippen LogP contribution in [0.15, 0.2) is 0 Å². The van der Waals surface area contributed by atoms with Crippen LogP contribution in [-0.2, 0) is 14.9 Å². The van der Waals surface area contributed by atoms with Crippen LogP contribution in [0.5, 0.6) is 0 Å². The third-order valence-corrected chi connectivity index (χ3v) is 1.71. The van der Waals surface area contributed by atoms with Gasteiger partial charge in [0.2, 0.25) is 0 Å². The fraction of sp³-hybridized carbons (Fsp3) is 0.750. The number of hydrogen-bond donors (Lipinski definition) is 1. The van der Waals surface area contributed by atoms with Gasteiger partial charge in [-0.15, -0.1) is 0 Å². The highest BCUT2D eigenvalue weighted by Crippen LogP contribution is 1.98. The first kappa shape index (κ1) is 8.58. The van der Waals surface area contributed by atoms with E-state index in [0.717, 1.165) is 0 Å². The van der Waals surface area contributed by atoms with Gasteiger partial charge in [-0.05, 0) is 0 Å². The summed E-state index contributed by atoms with van der Waals surface area (Å²) >= 11 is 0. The van der Waals surface area contributed by atoms with Crippen LogP contribution in [0.2, 0.25) is 0 Å². The largest absolute Gasteiger partial charge is 0.328 e. The van der Waals surface area contributed by atoms with Gasteiger partial charge in [0.25, 0.3) is 5.12 Å². The Balaban J connectivity index is 4.45. The van der Waals surface area contributed by atoms with Crippen molar-refractivity contribution in [1.82, 2.24) is 0 Å². The van der Waals surface area contributed by atoms with Gasteiger partial charge in [-0.1, -0.05) is 13.8 Å². The zero-order chi connectivity index (χ0) is 7.65. The van der Waals surface area contributed by atoms with Crippen molar-refractivity contribution in [2.45, 2.75) is 13.8 Å². The number of hydrogen-bond acceptors (Lipinski definition) is 3. The van der Waals surface area contributed by atoms with E-state index in [0.29, 0.717) is 0 Å². The monoisotopic (exact) mass is 152 g/mol. The molecule has 0 atom stereocenters. The molecular weight excluding hydrogens is 144 g/mol. The molecule has 0 spiro atoms. The summed E-state index contributed by atoms with van der Waals surface area (Å²) in [5.41, 5.74) is 0. The number of rotatable bonds is 1. The molecule has 1 N–H and O–H groups in total. The zero-order valence-electron chi connectivity index (χ0n) is 5.16. The molecule has 9 heavy (non-hydrogen) atoms. The van der Waals surface area contributed by atoms with E-state index in [9.17, 15) is 13.2 Å². The molecule has 0 aliphatic rings. The molecule has 0 aromatic rings. The standard InChI is InChI=1S/C4H8O4S/c1-3(2)4(5)9(6,7)8/h3H,1-2H3,(H,6,7,8). The van der Waals surface area contributed by atoms with Crippen molar-refractivity contribution in [2.75, 3.05) is 0 Å². The van der Waals surface area contributed by atoms with Crippen LogP contribution in [0.1, 0.15) is 13.8 Å². The van der Waals surface area contributed by atoms with Crippen LogP contribution in [0.3, 0.4) is 0 Å². The van der Waals surface area contributed by atoms with Crippen LogP contribution in [0.25, 0.3) is 0 Å². The van der Waals surface area contributed by atoms with Gasteiger partial charge in [-0.2, -0.15) is 8.42 Å². The second-order valence-electron chi connectivity index (χ2n) is 1.95. The van der Waals surface area contributed by atoms with Crippen molar-refractivity contribution in [1.29, 1.82) is 0 Å². The molecular formula is C4H8O4S. The minimum absolute atomic E-state index is 0.667. The maximum absolute atomic E-state index is 10.3. The van der Waals surface area contributed by atoms with Crippen LogP contribution < -0.4 is 0 Å². The molecule has 0 saturated heterocycles. The normalized spacial score (nSPS) is 12.0. The smallest absolute Gasteiger partial charge is 0.280 e. The Kier molecular flexibility index (Phi) is 2.33. The summed E-state index contributed by atoms with van der Waals surface area (Å²) in [6.07, 6.45) is 0. The molecule has 0 aromatic carbocycles. The minimum atomic E-state index is -4.44. The quantitative estimate of drug-likeness (QED) is 0.539. The SMILES string of the molecule is CC(C)C(=O)S(=O)(=O)O. The van der Waals surface area contributed by atoms with Gasteiger partial charge in [0, 0.05) is 5.92 Å². The second kappa shape index (κ2) is 2.45. The molecule has 0 amide bonds. The Labute approximate surface area is 53.6 Å². The van der Waals surface area contributed by atoms with Gasteiger partial charge in [-0.3, -0.25) is 9.35 Å². The van der Waals surface area contributed by atoms with Gasteiger partial charge in [0.05, 0.1) is 0 Å². The summed E-state index contributed by atoms with van der Waals surface area (Å²) in [5, 5.41) is -1.14. The van der Waals surface area contributed by atoms with Crippen molar-refractivity contribution in [3.05, 3.63) is 0 Å². The van der Waals surface area contributed by atoms with Crippen molar-refractivity contribution < 1.29 is 17.8 Å². The van der Waals surface area contributed by atoms with Gasteiger partial charge in [0.15, 0.2) is 0 Å². The van der Waals surface area contributed by atoms with E-state index in [1.165, 1.54) is 13.8 Å². The first-order chi connectivity index (χ1) is 3.85. The maximum atomic E-state index is 10.3. The van der Waals surface area contributed by atoms with Crippen molar-refractivity contribution >= 4 is 15.2 Å². The van der Waals surface area contributed by atoms with Crippen LogP contribution >= 0.6 is 0 Å². The van der Waals surface area contributed by atoms with Gasteiger partial charge < -0.3 is 0 Å². The van der Waals surface area contributed by atoms with Gasteiger partial charge >= 0.3 is 10.1 Å². The molecule has 0 unspecified atom stereocenters. The molecule has 0 rings (SSSR count). The van der Waals surface area contributed by atoms with E-state index in [2.05, 4.69) is 0 Å². The topological polar surface area (TPSA) is 71.4 Å². The summed E-state index contributed by atoms with van der Waals surface area (Å²) in [5.74, 6) is -0.667. The first-order valence-electron chi connectivity index (χ1n) is 2.37. The molecule has 0 bridgehead atoms. The van der Waals surface area contributed by atoms with Crippen molar-refractivity contribution in [3.63, 3.8) is 0 Å². The molecule has 0 fully saturated rings. The molecule has 0 aliphatic heterocycles. The fourth-order valence-electron chi connectivity index (χ4n) is 0.298. The third-order valence-electron chi connectivity index (χ3n) is 0.726. The Bertz CT molecular complexity index is 201.